The van der Waals surface area contributed by atoms with Crippen LogP contribution in [0, 0.1) is 11.8 Å². The predicted molar refractivity (Wildman–Crippen MR) is 116 cm³/mol. The molecule has 5 rings (SSSR count). The van der Waals surface area contributed by atoms with E-state index in [1.807, 2.05) is 24.3 Å². The monoisotopic (exact) mass is 413 g/mol. The van der Waals surface area contributed by atoms with Crippen LogP contribution in [-0.4, -0.2) is 67.3 Å². The quantitative estimate of drug-likeness (QED) is 0.775. The van der Waals surface area contributed by atoms with Gasteiger partial charge in [-0.1, -0.05) is 18.6 Å². The van der Waals surface area contributed by atoms with Crippen molar-refractivity contribution in [1.29, 1.82) is 0 Å². The number of carbonyl (C=O) groups is 1. The molecule has 0 radical (unpaired) electrons. The normalized spacial score (nSPS) is 28.5. The third kappa shape index (κ3) is 4.69. The van der Waals surface area contributed by atoms with Crippen molar-refractivity contribution in [3.63, 3.8) is 0 Å². The van der Waals surface area contributed by atoms with E-state index in [2.05, 4.69) is 15.1 Å². The van der Waals surface area contributed by atoms with E-state index in [0.717, 1.165) is 24.6 Å². The number of urea groups is 1. The van der Waals surface area contributed by atoms with E-state index < -0.39 is 0 Å². The topological polar surface area (TPSA) is 54.0 Å². The highest BCUT2D eigenvalue weighted by Gasteiger charge is 2.36. The summed E-state index contributed by atoms with van der Waals surface area (Å²) in [6.07, 6.45) is 8.89. The second-order valence-corrected chi connectivity index (χ2v) is 9.53. The standard InChI is InChI=1S/C24H35N3O3/c28-24(25-14-20-17-29-22-8-1-2-9-23(22)30-20)27(15-18-10-11-18)16-19-6-5-13-26-12-4-3-7-21(19)26/h1-2,8-9,18-21H,3-7,10-17H2,(H,25,28)/t19-,20?,21+/m0/s1. The highest BCUT2D eigenvalue weighted by atomic mass is 16.6. The number of amides is 2. The third-order valence-electron chi connectivity index (χ3n) is 7.19. The average molecular weight is 414 g/mol. The van der Waals surface area contributed by atoms with Crippen molar-refractivity contribution < 1.29 is 14.3 Å². The van der Waals surface area contributed by atoms with Gasteiger partial charge in [0.05, 0.1) is 6.54 Å². The summed E-state index contributed by atoms with van der Waals surface area (Å²) in [4.78, 5) is 17.9. The zero-order chi connectivity index (χ0) is 20.3. The minimum atomic E-state index is -0.143. The molecule has 0 aromatic heterocycles. The van der Waals surface area contributed by atoms with Gasteiger partial charge >= 0.3 is 6.03 Å². The van der Waals surface area contributed by atoms with Gasteiger partial charge in [0.2, 0.25) is 0 Å². The Morgan fingerprint density at radius 3 is 2.73 bits per heavy atom. The van der Waals surface area contributed by atoms with Crippen LogP contribution in [0.25, 0.3) is 0 Å². The number of piperidine rings is 2. The summed E-state index contributed by atoms with van der Waals surface area (Å²) in [6.45, 7) is 5.25. The molecule has 1 aliphatic carbocycles. The van der Waals surface area contributed by atoms with E-state index in [0.29, 0.717) is 31.0 Å². The zero-order valence-electron chi connectivity index (χ0n) is 17.9. The van der Waals surface area contributed by atoms with Crippen LogP contribution in [0.15, 0.2) is 24.3 Å². The van der Waals surface area contributed by atoms with Crippen LogP contribution in [0.1, 0.15) is 44.9 Å². The van der Waals surface area contributed by atoms with E-state index in [1.54, 1.807) is 0 Å². The molecule has 6 heteroatoms. The van der Waals surface area contributed by atoms with Gasteiger partial charge in [-0.2, -0.15) is 0 Å². The number of fused-ring (bicyclic) bond motifs is 2. The molecule has 0 bridgehead atoms. The van der Waals surface area contributed by atoms with Crippen molar-refractivity contribution in [1.82, 2.24) is 15.1 Å². The van der Waals surface area contributed by atoms with Crippen LogP contribution in [0.3, 0.4) is 0 Å². The fourth-order valence-electron chi connectivity index (χ4n) is 5.40. The Labute approximate surface area is 179 Å². The van der Waals surface area contributed by atoms with Crippen LogP contribution < -0.4 is 14.8 Å². The van der Waals surface area contributed by atoms with Gasteiger partial charge in [0.15, 0.2) is 17.6 Å². The van der Waals surface area contributed by atoms with Gasteiger partial charge in [0, 0.05) is 19.1 Å². The van der Waals surface area contributed by atoms with E-state index >= 15 is 0 Å². The minimum Gasteiger partial charge on any atom is -0.486 e. The SMILES string of the molecule is O=C(NCC1COc2ccccc2O1)N(CC1CC1)C[C@@H]1CCCN2CCCC[C@H]12. The number of benzene rings is 1. The van der Waals surface area contributed by atoms with E-state index in [1.165, 1.54) is 58.0 Å². The summed E-state index contributed by atoms with van der Waals surface area (Å²) >= 11 is 0. The molecule has 1 unspecified atom stereocenters. The van der Waals surface area contributed by atoms with E-state index in [9.17, 15) is 4.79 Å². The van der Waals surface area contributed by atoms with Crippen LogP contribution >= 0.6 is 0 Å². The first kappa shape index (κ1) is 20.0. The van der Waals surface area contributed by atoms with Crippen molar-refractivity contribution in [3.05, 3.63) is 24.3 Å². The van der Waals surface area contributed by atoms with Gasteiger partial charge in [0.1, 0.15) is 6.61 Å². The van der Waals surface area contributed by atoms with Gasteiger partial charge in [-0.3, -0.25) is 0 Å². The lowest BCUT2D eigenvalue weighted by molar-refractivity contribution is 0.0444. The largest absolute Gasteiger partial charge is 0.486 e. The molecule has 6 nitrogen and oxygen atoms in total. The van der Waals surface area contributed by atoms with Crippen LogP contribution in [0.2, 0.25) is 0 Å². The number of hydrogen-bond acceptors (Lipinski definition) is 4. The first-order valence-corrected chi connectivity index (χ1v) is 11.9. The Morgan fingerprint density at radius 1 is 1.03 bits per heavy atom. The van der Waals surface area contributed by atoms with Crippen molar-refractivity contribution in [3.8, 4) is 11.5 Å². The molecule has 1 aromatic rings. The Morgan fingerprint density at radius 2 is 1.87 bits per heavy atom. The van der Waals surface area contributed by atoms with Gasteiger partial charge in [-0.05, 0) is 75.6 Å². The van der Waals surface area contributed by atoms with Crippen molar-refractivity contribution in [2.45, 2.75) is 57.1 Å². The summed E-state index contributed by atoms with van der Waals surface area (Å²) in [6, 6.07) is 8.46. The highest BCUT2D eigenvalue weighted by Crippen LogP contribution is 2.34. The molecule has 4 aliphatic rings. The molecule has 3 heterocycles. The molecule has 0 spiro atoms. The molecule has 1 aromatic carbocycles. The number of para-hydroxylation sites is 2. The average Bonchev–Trinajstić information content (AvgIpc) is 3.61. The summed E-state index contributed by atoms with van der Waals surface area (Å²) in [5.41, 5.74) is 0. The molecular weight excluding hydrogens is 378 g/mol. The van der Waals surface area contributed by atoms with Crippen molar-refractivity contribution in [2.24, 2.45) is 11.8 Å². The summed E-state index contributed by atoms with van der Waals surface area (Å²) < 4.78 is 11.8. The maximum absolute atomic E-state index is 13.1. The third-order valence-corrected chi connectivity index (χ3v) is 7.19. The Hall–Kier alpha value is -1.95. The second-order valence-electron chi connectivity index (χ2n) is 9.53. The first-order valence-electron chi connectivity index (χ1n) is 11.9. The second kappa shape index (κ2) is 9.04. The maximum Gasteiger partial charge on any atom is 0.317 e. The molecule has 3 fully saturated rings. The van der Waals surface area contributed by atoms with Crippen LogP contribution in [0.5, 0.6) is 11.5 Å². The maximum atomic E-state index is 13.1. The van der Waals surface area contributed by atoms with Crippen LogP contribution in [-0.2, 0) is 0 Å². The lowest BCUT2D eigenvalue weighted by Crippen LogP contribution is -2.53. The first-order chi connectivity index (χ1) is 14.8. The van der Waals surface area contributed by atoms with Crippen LogP contribution in [0.4, 0.5) is 4.79 Å². The molecular formula is C24H35N3O3. The fraction of sp³-hybridized carbons (Fsp3) is 0.708. The molecule has 164 valence electrons. The predicted octanol–water partition coefficient (Wildman–Crippen LogP) is 3.51. The molecule has 3 aliphatic heterocycles. The number of ether oxygens (including phenoxy) is 2. The number of rotatable bonds is 6. The number of nitrogens with zero attached hydrogens (tertiary/aromatic N) is 2. The van der Waals surface area contributed by atoms with Crippen molar-refractivity contribution in [2.75, 3.05) is 39.3 Å². The molecule has 2 amide bonds. The van der Waals surface area contributed by atoms with Gasteiger partial charge in [-0.15, -0.1) is 0 Å². The molecule has 1 N–H and O–H groups in total. The molecule has 3 atom stereocenters. The van der Waals surface area contributed by atoms with Gasteiger partial charge in [-0.25, -0.2) is 4.79 Å². The number of carbonyl (C=O) groups excluding carboxylic acids is 1. The molecule has 30 heavy (non-hydrogen) atoms. The smallest absolute Gasteiger partial charge is 0.317 e. The number of hydrogen-bond donors (Lipinski definition) is 1. The van der Waals surface area contributed by atoms with Gasteiger partial charge in [0.25, 0.3) is 0 Å². The molecule has 2 saturated heterocycles. The van der Waals surface area contributed by atoms with Gasteiger partial charge < -0.3 is 24.6 Å². The lowest BCUT2D eigenvalue weighted by atomic mass is 9.83. The molecule has 1 saturated carbocycles. The highest BCUT2D eigenvalue weighted by molar-refractivity contribution is 5.74. The fourth-order valence-corrected chi connectivity index (χ4v) is 5.40. The summed E-state index contributed by atoms with van der Waals surface area (Å²) in [7, 11) is 0. The zero-order valence-corrected chi connectivity index (χ0v) is 17.9. The number of nitrogens with one attached hydrogen (secondary N) is 1. The summed E-state index contributed by atoms with van der Waals surface area (Å²) in [5, 5.41) is 3.15. The summed E-state index contributed by atoms with van der Waals surface area (Å²) in [5.74, 6) is 2.86. The Bertz CT molecular complexity index is 736. The Balaban J connectivity index is 1.17. The van der Waals surface area contributed by atoms with E-state index in [-0.39, 0.29) is 12.1 Å². The Kier molecular flexibility index (Phi) is 6.02. The van der Waals surface area contributed by atoms with E-state index in [4.69, 9.17) is 9.47 Å². The minimum absolute atomic E-state index is 0.0669. The van der Waals surface area contributed by atoms with Crippen molar-refractivity contribution >= 4 is 6.03 Å². The lowest BCUT2D eigenvalue weighted by Gasteiger charge is -2.45.